The molecule has 0 bridgehead atoms. The molecule has 0 saturated carbocycles. The number of ether oxygens (including phenoxy) is 1. The molecular formula is C14H17N3O4. The molecule has 1 aliphatic heterocycles. The van der Waals surface area contributed by atoms with E-state index in [0.717, 1.165) is 4.90 Å². The summed E-state index contributed by atoms with van der Waals surface area (Å²) in [5.41, 5.74) is 6.66. The molecule has 1 heterocycles. The second kappa shape index (κ2) is 6.36. The molecular weight excluding hydrogens is 274 g/mol. The third-order valence-electron chi connectivity index (χ3n) is 3.19. The van der Waals surface area contributed by atoms with E-state index in [4.69, 9.17) is 10.5 Å². The molecule has 0 saturated heterocycles. The lowest BCUT2D eigenvalue weighted by atomic mass is 10.1. The van der Waals surface area contributed by atoms with Gasteiger partial charge < -0.3 is 15.8 Å². The molecule has 0 aliphatic carbocycles. The Morgan fingerprint density at radius 3 is 2.71 bits per heavy atom. The summed E-state index contributed by atoms with van der Waals surface area (Å²) in [6, 6.07) is 4.59. The van der Waals surface area contributed by atoms with Crippen LogP contribution in [0.2, 0.25) is 0 Å². The highest BCUT2D eigenvalue weighted by Crippen LogP contribution is 2.24. The van der Waals surface area contributed by atoms with Crippen LogP contribution >= 0.6 is 0 Å². The lowest BCUT2D eigenvalue weighted by molar-refractivity contribution is -0.121. The zero-order valence-corrected chi connectivity index (χ0v) is 11.7. The fourth-order valence-electron chi connectivity index (χ4n) is 2.11. The summed E-state index contributed by atoms with van der Waals surface area (Å²) in [5.74, 6) is -1.03. The van der Waals surface area contributed by atoms with Crippen LogP contribution in [0, 0.1) is 0 Å². The Balaban J connectivity index is 1.96. The molecule has 21 heavy (non-hydrogen) atoms. The molecule has 3 amide bonds. The number of nitrogens with one attached hydrogen (secondary N) is 1. The molecule has 7 nitrogen and oxygen atoms in total. The first-order chi connectivity index (χ1) is 10.0. The average molecular weight is 291 g/mol. The van der Waals surface area contributed by atoms with Crippen LogP contribution in [0.3, 0.4) is 0 Å². The van der Waals surface area contributed by atoms with Crippen molar-refractivity contribution in [3.05, 3.63) is 29.3 Å². The first-order valence-electron chi connectivity index (χ1n) is 6.56. The van der Waals surface area contributed by atoms with Crippen molar-refractivity contribution in [1.82, 2.24) is 10.2 Å². The van der Waals surface area contributed by atoms with Crippen LogP contribution < -0.4 is 11.1 Å². The summed E-state index contributed by atoms with van der Waals surface area (Å²) in [5, 5.41) is 2.63. The van der Waals surface area contributed by atoms with Crippen LogP contribution in [-0.2, 0) is 9.53 Å². The molecule has 1 aliphatic rings. The van der Waals surface area contributed by atoms with E-state index in [1.165, 1.54) is 19.2 Å². The number of fused-ring (bicyclic) bond motifs is 1. The number of nitrogen functional groups attached to an aromatic ring is 1. The highest BCUT2D eigenvalue weighted by Gasteiger charge is 2.35. The fraction of sp³-hybridized carbons (Fsp3) is 0.357. The van der Waals surface area contributed by atoms with Gasteiger partial charge in [-0.2, -0.15) is 0 Å². The third-order valence-corrected chi connectivity index (χ3v) is 3.19. The number of imide groups is 1. The number of carbonyl (C=O) groups is 3. The molecule has 0 unspecified atom stereocenters. The molecule has 0 fully saturated rings. The van der Waals surface area contributed by atoms with Gasteiger partial charge in [0.1, 0.15) is 0 Å². The van der Waals surface area contributed by atoms with Crippen LogP contribution in [0.15, 0.2) is 18.2 Å². The minimum absolute atomic E-state index is 0.0467. The number of hydrogen-bond donors (Lipinski definition) is 2. The monoisotopic (exact) mass is 291 g/mol. The number of carbonyl (C=O) groups excluding carboxylic acids is 3. The maximum atomic E-state index is 12.1. The number of hydrogen-bond acceptors (Lipinski definition) is 5. The van der Waals surface area contributed by atoms with Crippen molar-refractivity contribution in [2.75, 3.05) is 32.5 Å². The first kappa shape index (κ1) is 15.0. The summed E-state index contributed by atoms with van der Waals surface area (Å²) in [6.07, 6.45) is 0.0602. The molecule has 112 valence electrons. The minimum atomic E-state index is -0.410. The Kier molecular flexibility index (Phi) is 4.54. The van der Waals surface area contributed by atoms with Crippen molar-refractivity contribution in [2.45, 2.75) is 6.42 Å². The van der Waals surface area contributed by atoms with Gasteiger partial charge >= 0.3 is 0 Å². The van der Waals surface area contributed by atoms with Crippen LogP contribution in [0.5, 0.6) is 0 Å². The number of amides is 3. The van der Waals surface area contributed by atoms with Gasteiger partial charge in [-0.05, 0) is 18.2 Å². The quantitative estimate of drug-likeness (QED) is 0.437. The Bertz CT molecular complexity index is 586. The topological polar surface area (TPSA) is 102 Å². The summed E-state index contributed by atoms with van der Waals surface area (Å²) >= 11 is 0. The number of nitrogens with zero attached hydrogens (tertiary/aromatic N) is 1. The summed E-state index contributed by atoms with van der Waals surface area (Å²) in [4.78, 5) is 36.9. The molecule has 7 heteroatoms. The van der Waals surface area contributed by atoms with Crippen LogP contribution in [-0.4, -0.2) is 49.4 Å². The predicted octanol–water partition coefficient (Wildman–Crippen LogP) is 0.0175. The van der Waals surface area contributed by atoms with E-state index in [2.05, 4.69) is 5.32 Å². The Morgan fingerprint density at radius 1 is 1.29 bits per heavy atom. The van der Waals surface area contributed by atoms with Gasteiger partial charge in [-0.25, -0.2) is 0 Å². The van der Waals surface area contributed by atoms with Crippen molar-refractivity contribution < 1.29 is 19.1 Å². The molecule has 1 aromatic rings. The highest BCUT2D eigenvalue weighted by atomic mass is 16.5. The molecule has 0 radical (unpaired) electrons. The number of methoxy groups -OCH3 is 1. The smallest absolute Gasteiger partial charge is 0.261 e. The number of nitrogens with two attached hydrogens (primary N) is 1. The van der Waals surface area contributed by atoms with Crippen molar-refractivity contribution in [3.8, 4) is 0 Å². The second-order valence-corrected chi connectivity index (χ2v) is 4.66. The Labute approximate surface area is 122 Å². The van der Waals surface area contributed by atoms with Crippen LogP contribution in [0.1, 0.15) is 27.1 Å². The van der Waals surface area contributed by atoms with E-state index in [1.807, 2.05) is 0 Å². The molecule has 2 rings (SSSR count). The number of benzene rings is 1. The zero-order chi connectivity index (χ0) is 15.4. The number of rotatable bonds is 6. The largest absolute Gasteiger partial charge is 0.399 e. The Hall–Kier alpha value is -2.41. The molecule has 1 aromatic carbocycles. The van der Waals surface area contributed by atoms with Gasteiger partial charge in [0.25, 0.3) is 11.8 Å². The lowest BCUT2D eigenvalue weighted by Crippen LogP contribution is -2.35. The molecule has 3 N–H and O–H groups in total. The fourth-order valence-corrected chi connectivity index (χ4v) is 2.11. The van der Waals surface area contributed by atoms with Gasteiger partial charge in [0.15, 0.2) is 0 Å². The standard InChI is InChI=1S/C14H17N3O4/c1-21-7-5-16-12(18)4-6-17-13(19)10-3-2-9(15)8-11(10)14(17)20/h2-3,8H,4-7,15H2,1H3,(H,16,18). The average Bonchev–Trinajstić information content (AvgIpc) is 2.69. The van der Waals surface area contributed by atoms with Gasteiger partial charge in [-0.3, -0.25) is 19.3 Å². The van der Waals surface area contributed by atoms with Crippen LogP contribution in [0.4, 0.5) is 5.69 Å². The van der Waals surface area contributed by atoms with Crippen molar-refractivity contribution in [2.24, 2.45) is 0 Å². The van der Waals surface area contributed by atoms with Gasteiger partial charge in [-0.1, -0.05) is 0 Å². The third kappa shape index (κ3) is 3.19. The summed E-state index contributed by atoms with van der Waals surface area (Å²) in [6.45, 7) is 0.858. The highest BCUT2D eigenvalue weighted by molar-refractivity contribution is 6.21. The molecule has 0 aromatic heterocycles. The number of anilines is 1. The van der Waals surface area contributed by atoms with Gasteiger partial charge in [0.2, 0.25) is 5.91 Å². The summed E-state index contributed by atoms with van der Waals surface area (Å²) in [7, 11) is 1.54. The van der Waals surface area contributed by atoms with Crippen molar-refractivity contribution in [3.63, 3.8) is 0 Å². The normalized spacial score (nSPS) is 13.5. The molecule has 0 atom stereocenters. The first-order valence-corrected chi connectivity index (χ1v) is 6.56. The SMILES string of the molecule is COCCNC(=O)CCN1C(=O)c2ccc(N)cc2C1=O. The van der Waals surface area contributed by atoms with Gasteiger partial charge in [0.05, 0.1) is 17.7 Å². The Morgan fingerprint density at radius 2 is 2.00 bits per heavy atom. The zero-order valence-electron chi connectivity index (χ0n) is 11.7. The minimum Gasteiger partial charge on any atom is -0.399 e. The predicted molar refractivity (Wildman–Crippen MR) is 75.7 cm³/mol. The van der Waals surface area contributed by atoms with Crippen molar-refractivity contribution >= 4 is 23.4 Å². The van der Waals surface area contributed by atoms with Crippen LogP contribution in [0.25, 0.3) is 0 Å². The van der Waals surface area contributed by atoms with E-state index in [0.29, 0.717) is 30.0 Å². The molecule has 0 spiro atoms. The second-order valence-electron chi connectivity index (χ2n) is 4.66. The maximum Gasteiger partial charge on any atom is 0.261 e. The van der Waals surface area contributed by atoms with Gasteiger partial charge in [0, 0.05) is 32.3 Å². The van der Waals surface area contributed by atoms with Gasteiger partial charge in [-0.15, -0.1) is 0 Å². The lowest BCUT2D eigenvalue weighted by Gasteiger charge is -2.13. The van der Waals surface area contributed by atoms with Crippen molar-refractivity contribution in [1.29, 1.82) is 0 Å². The van der Waals surface area contributed by atoms with E-state index < -0.39 is 5.91 Å². The van der Waals surface area contributed by atoms with E-state index >= 15 is 0 Å². The summed E-state index contributed by atoms with van der Waals surface area (Å²) < 4.78 is 4.81. The van der Waals surface area contributed by atoms with E-state index in [9.17, 15) is 14.4 Å². The van der Waals surface area contributed by atoms with E-state index in [1.54, 1.807) is 6.07 Å². The van der Waals surface area contributed by atoms with E-state index in [-0.39, 0.29) is 24.8 Å². The maximum absolute atomic E-state index is 12.1.